The van der Waals surface area contributed by atoms with Crippen LogP contribution in [0.2, 0.25) is 0 Å². The molecule has 2 aromatic heterocycles. The molecule has 0 aliphatic carbocycles. The monoisotopic (exact) mass is 324 g/mol. The van der Waals surface area contributed by atoms with Gasteiger partial charge in [-0.1, -0.05) is 12.1 Å². The molecular formula is C17H16N4OS. The van der Waals surface area contributed by atoms with Crippen molar-refractivity contribution >= 4 is 33.7 Å². The van der Waals surface area contributed by atoms with Gasteiger partial charge in [-0.15, -0.1) is 11.3 Å². The van der Waals surface area contributed by atoms with Crippen molar-refractivity contribution in [1.82, 2.24) is 15.3 Å². The molecule has 1 aliphatic heterocycles. The average molecular weight is 324 g/mol. The summed E-state index contributed by atoms with van der Waals surface area (Å²) in [5.41, 5.74) is 0.833. The van der Waals surface area contributed by atoms with E-state index in [2.05, 4.69) is 20.6 Å². The minimum absolute atomic E-state index is 0.0412. The van der Waals surface area contributed by atoms with Crippen molar-refractivity contribution in [2.24, 2.45) is 5.92 Å². The smallest absolute Gasteiger partial charge is 0.229 e. The molecule has 4 rings (SSSR count). The Bertz CT molecular complexity index is 828. The Hall–Kier alpha value is -2.31. The van der Waals surface area contributed by atoms with Gasteiger partial charge in [-0.05, 0) is 12.1 Å². The van der Waals surface area contributed by atoms with E-state index < -0.39 is 0 Å². The topological polar surface area (TPSA) is 66.9 Å². The third-order valence-electron chi connectivity index (χ3n) is 4.26. The Morgan fingerprint density at radius 2 is 2.22 bits per heavy atom. The highest BCUT2D eigenvalue weighted by Gasteiger charge is 2.35. The van der Waals surface area contributed by atoms with E-state index in [1.165, 1.54) is 0 Å². The van der Waals surface area contributed by atoms with Crippen LogP contribution in [0.4, 0.5) is 5.69 Å². The van der Waals surface area contributed by atoms with Crippen LogP contribution in [0.1, 0.15) is 10.9 Å². The maximum absolute atomic E-state index is 12.8. The number of amides is 1. The van der Waals surface area contributed by atoms with Gasteiger partial charge in [0, 0.05) is 59.4 Å². The van der Waals surface area contributed by atoms with Crippen LogP contribution >= 0.6 is 11.3 Å². The van der Waals surface area contributed by atoms with Gasteiger partial charge in [0.15, 0.2) is 0 Å². The second kappa shape index (κ2) is 6.06. The molecule has 2 atom stereocenters. The Kier molecular flexibility index (Phi) is 3.77. The number of benzene rings is 1. The highest BCUT2D eigenvalue weighted by molar-refractivity contribution is 7.09. The lowest BCUT2D eigenvalue weighted by Gasteiger charge is -2.17. The molecule has 116 valence electrons. The third kappa shape index (κ3) is 2.71. The number of pyridine rings is 1. The lowest BCUT2D eigenvalue weighted by Crippen LogP contribution is -2.28. The van der Waals surface area contributed by atoms with Crippen LogP contribution in [-0.4, -0.2) is 29.0 Å². The van der Waals surface area contributed by atoms with E-state index >= 15 is 0 Å². The summed E-state index contributed by atoms with van der Waals surface area (Å²) < 4.78 is 0. The van der Waals surface area contributed by atoms with Crippen LogP contribution in [0.3, 0.4) is 0 Å². The largest absolute Gasteiger partial charge is 0.325 e. The molecule has 1 amide bonds. The van der Waals surface area contributed by atoms with Crippen LogP contribution < -0.4 is 10.6 Å². The van der Waals surface area contributed by atoms with Crippen molar-refractivity contribution in [3.8, 4) is 0 Å². The molecule has 3 heterocycles. The van der Waals surface area contributed by atoms with Crippen molar-refractivity contribution < 1.29 is 4.79 Å². The fraction of sp³-hybridized carbons (Fsp3) is 0.235. The van der Waals surface area contributed by atoms with Gasteiger partial charge < -0.3 is 10.6 Å². The molecule has 1 fully saturated rings. The van der Waals surface area contributed by atoms with Crippen LogP contribution in [-0.2, 0) is 4.79 Å². The maximum atomic E-state index is 12.8. The summed E-state index contributed by atoms with van der Waals surface area (Å²) in [7, 11) is 0. The van der Waals surface area contributed by atoms with Gasteiger partial charge in [0.2, 0.25) is 5.91 Å². The summed E-state index contributed by atoms with van der Waals surface area (Å²) in [5, 5.41) is 11.4. The molecule has 1 aliphatic rings. The molecule has 2 N–H and O–H groups in total. The first-order valence-corrected chi connectivity index (χ1v) is 8.44. The van der Waals surface area contributed by atoms with E-state index in [4.69, 9.17) is 0 Å². The number of hydrogen-bond donors (Lipinski definition) is 2. The lowest BCUT2D eigenvalue weighted by atomic mass is 9.95. The molecule has 23 heavy (non-hydrogen) atoms. The van der Waals surface area contributed by atoms with E-state index in [9.17, 15) is 4.79 Å². The minimum atomic E-state index is -0.0988. The Morgan fingerprint density at radius 3 is 3.09 bits per heavy atom. The average Bonchev–Trinajstić information content (AvgIpc) is 3.26. The molecular weight excluding hydrogens is 308 g/mol. The Balaban J connectivity index is 1.59. The fourth-order valence-corrected chi connectivity index (χ4v) is 3.89. The number of hydrogen-bond acceptors (Lipinski definition) is 5. The highest BCUT2D eigenvalue weighted by Crippen LogP contribution is 2.31. The number of nitrogens with zero attached hydrogens (tertiary/aromatic N) is 2. The van der Waals surface area contributed by atoms with E-state index in [0.717, 1.165) is 28.0 Å². The number of rotatable bonds is 3. The van der Waals surface area contributed by atoms with E-state index in [-0.39, 0.29) is 17.7 Å². The predicted molar refractivity (Wildman–Crippen MR) is 91.6 cm³/mol. The molecule has 0 saturated carbocycles. The van der Waals surface area contributed by atoms with E-state index in [1.807, 2.05) is 29.6 Å². The number of nitrogens with one attached hydrogen (secondary N) is 2. The molecule has 5 nitrogen and oxygen atoms in total. The summed E-state index contributed by atoms with van der Waals surface area (Å²) in [4.78, 5) is 21.3. The first kappa shape index (κ1) is 14.3. The van der Waals surface area contributed by atoms with E-state index in [1.54, 1.807) is 29.9 Å². The van der Waals surface area contributed by atoms with Gasteiger partial charge in [-0.3, -0.25) is 9.78 Å². The van der Waals surface area contributed by atoms with Crippen molar-refractivity contribution in [2.45, 2.75) is 5.92 Å². The summed E-state index contributed by atoms with van der Waals surface area (Å²) in [6.07, 6.45) is 5.35. The number of thiazole rings is 1. The first-order chi connectivity index (χ1) is 11.3. The maximum Gasteiger partial charge on any atom is 0.229 e. The molecule has 1 unspecified atom stereocenters. The molecule has 1 aromatic carbocycles. The SMILES string of the molecule is O=C(Nc1cccc2cnccc12)C1CNC[C@H]1c1nccs1. The van der Waals surface area contributed by atoms with Crippen LogP contribution in [0.25, 0.3) is 10.8 Å². The van der Waals surface area contributed by atoms with Gasteiger partial charge in [-0.2, -0.15) is 0 Å². The molecule has 6 heteroatoms. The van der Waals surface area contributed by atoms with Crippen LogP contribution in [0.15, 0.2) is 48.2 Å². The summed E-state index contributed by atoms with van der Waals surface area (Å²) >= 11 is 1.61. The third-order valence-corrected chi connectivity index (χ3v) is 5.17. The molecule has 0 bridgehead atoms. The Morgan fingerprint density at radius 1 is 1.26 bits per heavy atom. The van der Waals surface area contributed by atoms with Gasteiger partial charge in [0.05, 0.1) is 10.9 Å². The fourth-order valence-electron chi connectivity index (χ4n) is 3.09. The van der Waals surface area contributed by atoms with Crippen molar-refractivity contribution in [2.75, 3.05) is 18.4 Å². The van der Waals surface area contributed by atoms with Gasteiger partial charge in [0.1, 0.15) is 0 Å². The number of anilines is 1. The lowest BCUT2D eigenvalue weighted by molar-refractivity contribution is -0.119. The molecule has 0 spiro atoms. The number of carbonyl (C=O) groups is 1. The number of carbonyl (C=O) groups excluding carboxylic acids is 1. The zero-order chi connectivity index (χ0) is 15.6. The number of fused-ring (bicyclic) bond motifs is 1. The van der Waals surface area contributed by atoms with Crippen molar-refractivity contribution in [3.63, 3.8) is 0 Å². The molecule has 0 radical (unpaired) electrons. The standard InChI is InChI=1S/C17H16N4OS/c22-16(13-9-19-10-14(13)17-20-6-7-23-17)21-15-3-1-2-11-8-18-5-4-12(11)15/h1-8,13-14,19H,9-10H2,(H,21,22)/t13?,14-/m1/s1. The zero-order valence-corrected chi connectivity index (χ0v) is 13.2. The first-order valence-electron chi connectivity index (χ1n) is 7.56. The summed E-state index contributed by atoms with van der Waals surface area (Å²) in [6, 6.07) is 7.79. The quantitative estimate of drug-likeness (QED) is 0.777. The second-order valence-electron chi connectivity index (χ2n) is 5.63. The predicted octanol–water partition coefficient (Wildman–Crippen LogP) is 2.63. The van der Waals surface area contributed by atoms with Gasteiger partial charge >= 0.3 is 0 Å². The number of aromatic nitrogens is 2. The van der Waals surface area contributed by atoms with Gasteiger partial charge in [0.25, 0.3) is 0 Å². The summed E-state index contributed by atoms with van der Waals surface area (Å²) in [5.74, 6) is 0.0874. The van der Waals surface area contributed by atoms with Crippen molar-refractivity contribution in [1.29, 1.82) is 0 Å². The second-order valence-corrected chi connectivity index (χ2v) is 6.56. The van der Waals surface area contributed by atoms with E-state index in [0.29, 0.717) is 6.54 Å². The zero-order valence-electron chi connectivity index (χ0n) is 12.4. The van der Waals surface area contributed by atoms with Gasteiger partial charge in [-0.25, -0.2) is 4.98 Å². The highest BCUT2D eigenvalue weighted by atomic mass is 32.1. The minimum Gasteiger partial charge on any atom is -0.325 e. The van der Waals surface area contributed by atoms with Crippen molar-refractivity contribution in [3.05, 3.63) is 53.2 Å². The van der Waals surface area contributed by atoms with Crippen LogP contribution in [0.5, 0.6) is 0 Å². The summed E-state index contributed by atoms with van der Waals surface area (Å²) in [6.45, 7) is 1.48. The molecule has 1 saturated heterocycles. The Labute approximate surface area is 137 Å². The van der Waals surface area contributed by atoms with Crippen LogP contribution in [0, 0.1) is 5.92 Å². The molecule has 3 aromatic rings. The normalized spacial score (nSPS) is 20.7.